The maximum Gasteiger partial charge on any atom is 0.309 e. The molecule has 1 aromatic rings. The zero-order valence-corrected chi connectivity index (χ0v) is 13.2. The molecule has 0 aliphatic heterocycles. The molecule has 2 rings (SSSR count). The van der Waals surface area contributed by atoms with E-state index in [9.17, 15) is 14.3 Å². The van der Waals surface area contributed by atoms with Gasteiger partial charge in [0.25, 0.3) is 0 Å². The minimum atomic E-state index is -0.715. The van der Waals surface area contributed by atoms with Gasteiger partial charge in [-0.3, -0.25) is 4.79 Å². The van der Waals surface area contributed by atoms with Crippen molar-refractivity contribution < 1.29 is 14.3 Å². The molecule has 1 N–H and O–H groups in total. The van der Waals surface area contributed by atoms with Crippen LogP contribution in [0.3, 0.4) is 0 Å². The molecule has 0 atom stereocenters. The lowest BCUT2D eigenvalue weighted by Gasteiger charge is -2.36. The van der Waals surface area contributed by atoms with Crippen molar-refractivity contribution in [2.45, 2.75) is 45.4 Å². The van der Waals surface area contributed by atoms with Gasteiger partial charge in [-0.25, -0.2) is 4.39 Å². The SMILES string of the molecule is CCC1CCC(Cc2ccc(F)c(Br)c2)(C(=O)O)CC1. The first kappa shape index (κ1) is 15.5. The normalized spacial score (nSPS) is 26.4. The average molecular weight is 343 g/mol. The van der Waals surface area contributed by atoms with E-state index < -0.39 is 11.4 Å². The number of carboxylic acids is 1. The lowest BCUT2D eigenvalue weighted by Crippen LogP contribution is -2.37. The predicted octanol–water partition coefficient (Wildman–Crippen LogP) is 4.80. The highest BCUT2D eigenvalue weighted by molar-refractivity contribution is 9.10. The van der Waals surface area contributed by atoms with Crippen LogP contribution in [-0.2, 0) is 11.2 Å². The standard InChI is InChI=1S/C16H20BrFO2/c1-2-11-5-7-16(8-6-11,15(19)20)10-12-3-4-14(18)13(17)9-12/h3-4,9,11H,2,5-8,10H2,1H3,(H,19,20). The van der Waals surface area contributed by atoms with E-state index in [1.165, 1.54) is 6.07 Å². The number of hydrogen-bond donors (Lipinski definition) is 1. The Hall–Kier alpha value is -0.900. The maximum absolute atomic E-state index is 13.3. The van der Waals surface area contributed by atoms with Gasteiger partial charge in [0.15, 0.2) is 0 Å². The third-order valence-corrected chi connectivity index (χ3v) is 5.23. The highest BCUT2D eigenvalue weighted by Crippen LogP contribution is 2.43. The van der Waals surface area contributed by atoms with E-state index in [-0.39, 0.29) is 5.82 Å². The van der Waals surface area contributed by atoms with Gasteiger partial charge in [-0.05, 0) is 71.6 Å². The van der Waals surface area contributed by atoms with Crippen molar-refractivity contribution in [1.29, 1.82) is 0 Å². The summed E-state index contributed by atoms with van der Waals surface area (Å²) in [7, 11) is 0. The second kappa shape index (κ2) is 6.25. The van der Waals surface area contributed by atoms with Crippen LogP contribution in [0.1, 0.15) is 44.6 Å². The topological polar surface area (TPSA) is 37.3 Å². The van der Waals surface area contributed by atoms with Crippen molar-refractivity contribution in [2.75, 3.05) is 0 Å². The molecule has 4 heteroatoms. The molecule has 0 heterocycles. The van der Waals surface area contributed by atoms with E-state index >= 15 is 0 Å². The van der Waals surface area contributed by atoms with Crippen LogP contribution in [0.25, 0.3) is 0 Å². The summed E-state index contributed by atoms with van der Waals surface area (Å²) in [4.78, 5) is 11.7. The highest BCUT2D eigenvalue weighted by atomic mass is 79.9. The summed E-state index contributed by atoms with van der Waals surface area (Å²) in [6.45, 7) is 2.16. The monoisotopic (exact) mass is 342 g/mol. The number of aliphatic carboxylic acids is 1. The molecule has 0 unspecified atom stereocenters. The summed E-state index contributed by atoms with van der Waals surface area (Å²) in [5.74, 6) is -0.372. The van der Waals surface area contributed by atoms with Gasteiger partial charge in [0.1, 0.15) is 5.82 Å². The number of halogens is 2. The van der Waals surface area contributed by atoms with Crippen LogP contribution >= 0.6 is 15.9 Å². The fraction of sp³-hybridized carbons (Fsp3) is 0.562. The molecule has 0 radical (unpaired) electrons. The minimum absolute atomic E-state index is 0.312. The first-order valence-corrected chi connectivity index (χ1v) is 7.93. The smallest absolute Gasteiger partial charge is 0.309 e. The molecule has 2 nitrogen and oxygen atoms in total. The molecular formula is C16H20BrFO2. The summed E-state index contributed by atoms with van der Waals surface area (Å²) >= 11 is 3.16. The van der Waals surface area contributed by atoms with Gasteiger partial charge in [-0.1, -0.05) is 19.4 Å². The molecule has 0 aromatic heterocycles. The van der Waals surface area contributed by atoms with Crippen molar-refractivity contribution in [1.82, 2.24) is 0 Å². The molecule has 1 aliphatic rings. The van der Waals surface area contributed by atoms with Crippen LogP contribution in [0.4, 0.5) is 4.39 Å². The van der Waals surface area contributed by atoms with Gasteiger partial charge in [0.2, 0.25) is 0 Å². The third-order valence-electron chi connectivity index (χ3n) is 4.62. The van der Waals surface area contributed by atoms with Crippen molar-refractivity contribution in [3.63, 3.8) is 0 Å². The lowest BCUT2D eigenvalue weighted by molar-refractivity contribution is -0.151. The summed E-state index contributed by atoms with van der Waals surface area (Å²) in [5.41, 5.74) is 0.207. The Labute approximate surface area is 127 Å². The van der Waals surface area contributed by atoms with Gasteiger partial charge in [-0.2, -0.15) is 0 Å². The Bertz CT molecular complexity index is 493. The summed E-state index contributed by atoms with van der Waals surface area (Å²) in [6, 6.07) is 4.79. The van der Waals surface area contributed by atoms with Gasteiger partial charge in [-0.15, -0.1) is 0 Å². The number of carbonyl (C=O) groups is 1. The van der Waals surface area contributed by atoms with E-state index in [4.69, 9.17) is 0 Å². The first-order chi connectivity index (χ1) is 9.47. The minimum Gasteiger partial charge on any atom is -0.481 e. The van der Waals surface area contributed by atoms with E-state index in [0.717, 1.165) is 37.7 Å². The van der Waals surface area contributed by atoms with E-state index in [2.05, 4.69) is 22.9 Å². The second-order valence-electron chi connectivity index (χ2n) is 5.86. The summed E-state index contributed by atoms with van der Waals surface area (Å²) in [6.07, 6.45) is 5.00. The Morgan fingerprint density at radius 3 is 2.60 bits per heavy atom. The van der Waals surface area contributed by atoms with Gasteiger partial charge in [0.05, 0.1) is 9.89 Å². The molecule has 1 aromatic carbocycles. The summed E-state index contributed by atoms with van der Waals surface area (Å²) in [5, 5.41) is 9.65. The van der Waals surface area contributed by atoms with Crippen molar-refractivity contribution in [3.05, 3.63) is 34.1 Å². The fourth-order valence-corrected chi connectivity index (χ4v) is 3.57. The molecule has 0 bridgehead atoms. The fourth-order valence-electron chi connectivity index (χ4n) is 3.15. The predicted molar refractivity (Wildman–Crippen MR) is 80.1 cm³/mol. The van der Waals surface area contributed by atoms with E-state index in [1.54, 1.807) is 12.1 Å². The lowest BCUT2D eigenvalue weighted by atomic mass is 9.67. The quantitative estimate of drug-likeness (QED) is 0.852. The molecule has 0 amide bonds. The Kier molecular flexibility index (Phi) is 4.84. The third kappa shape index (κ3) is 3.22. The number of carboxylic acid groups (broad SMARTS) is 1. The molecule has 1 saturated carbocycles. The average Bonchev–Trinajstić information content (AvgIpc) is 2.43. The summed E-state index contributed by atoms with van der Waals surface area (Å²) < 4.78 is 13.7. The Morgan fingerprint density at radius 2 is 2.10 bits per heavy atom. The second-order valence-corrected chi connectivity index (χ2v) is 6.72. The molecular weight excluding hydrogens is 323 g/mol. The highest BCUT2D eigenvalue weighted by Gasteiger charge is 2.41. The number of rotatable bonds is 4. The molecule has 20 heavy (non-hydrogen) atoms. The van der Waals surface area contributed by atoms with Crippen LogP contribution in [0.15, 0.2) is 22.7 Å². The van der Waals surface area contributed by atoms with Crippen LogP contribution in [0.2, 0.25) is 0 Å². The largest absolute Gasteiger partial charge is 0.481 e. The van der Waals surface area contributed by atoms with Crippen LogP contribution in [-0.4, -0.2) is 11.1 Å². The van der Waals surface area contributed by atoms with Gasteiger partial charge >= 0.3 is 5.97 Å². The van der Waals surface area contributed by atoms with Crippen molar-refractivity contribution in [2.24, 2.45) is 11.3 Å². The zero-order chi connectivity index (χ0) is 14.8. The van der Waals surface area contributed by atoms with Crippen LogP contribution in [0.5, 0.6) is 0 Å². The molecule has 110 valence electrons. The van der Waals surface area contributed by atoms with Crippen LogP contribution in [0, 0.1) is 17.2 Å². The van der Waals surface area contributed by atoms with E-state index in [1.807, 2.05) is 0 Å². The first-order valence-electron chi connectivity index (χ1n) is 7.14. The van der Waals surface area contributed by atoms with Gasteiger partial charge < -0.3 is 5.11 Å². The van der Waals surface area contributed by atoms with Crippen LogP contribution < -0.4 is 0 Å². The zero-order valence-electron chi connectivity index (χ0n) is 11.7. The number of benzene rings is 1. The molecule has 1 aliphatic carbocycles. The Morgan fingerprint density at radius 1 is 1.45 bits per heavy atom. The van der Waals surface area contributed by atoms with Gasteiger partial charge in [0, 0.05) is 0 Å². The number of hydrogen-bond acceptors (Lipinski definition) is 1. The van der Waals surface area contributed by atoms with E-state index in [0.29, 0.717) is 16.8 Å². The van der Waals surface area contributed by atoms with Crippen molar-refractivity contribution >= 4 is 21.9 Å². The van der Waals surface area contributed by atoms with Crippen molar-refractivity contribution in [3.8, 4) is 0 Å². The maximum atomic E-state index is 13.3. The molecule has 0 spiro atoms. The Balaban J connectivity index is 2.17. The molecule has 0 saturated heterocycles. The molecule has 1 fully saturated rings.